The van der Waals surface area contributed by atoms with Crippen molar-refractivity contribution in [1.82, 2.24) is 5.32 Å². The maximum atomic E-state index is 9.18. The van der Waals surface area contributed by atoms with Gasteiger partial charge in [0.05, 0.1) is 13.2 Å². The van der Waals surface area contributed by atoms with E-state index in [1.54, 1.807) is 0 Å². The fourth-order valence-electron chi connectivity index (χ4n) is 2.90. The average Bonchev–Trinajstić information content (AvgIpc) is 2.82. The van der Waals surface area contributed by atoms with Crippen LogP contribution in [0.3, 0.4) is 0 Å². The summed E-state index contributed by atoms with van der Waals surface area (Å²) in [6.07, 6.45) is 6.14. The van der Waals surface area contributed by atoms with E-state index in [1.807, 2.05) is 6.07 Å². The Bertz CT molecular complexity index is 515. The zero-order valence-corrected chi connectivity index (χ0v) is 12.4. The molecule has 0 saturated carbocycles. The number of hydrogen-bond donors (Lipinski definition) is 2. The van der Waals surface area contributed by atoms with Crippen LogP contribution >= 0.6 is 0 Å². The zero-order valence-electron chi connectivity index (χ0n) is 12.4. The second kappa shape index (κ2) is 6.50. The molecule has 0 bridgehead atoms. The molecule has 0 unspecified atom stereocenters. The molecule has 1 aliphatic carbocycles. The molecule has 2 aliphatic rings. The van der Waals surface area contributed by atoms with Crippen molar-refractivity contribution < 1.29 is 14.6 Å². The van der Waals surface area contributed by atoms with E-state index < -0.39 is 0 Å². The maximum absolute atomic E-state index is 9.18. The number of fused-ring (bicyclic) bond motifs is 1. The van der Waals surface area contributed by atoms with Crippen molar-refractivity contribution in [3.8, 4) is 11.5 Å². The fourth-order valence-corrected chi connectivity index (χ4v) is 2.90. The van der Waals surface area contributed by atoms with E-state index in [-0.39, 0.29) is 12.6 Å². The summed E-state index contributed by atoms with van der Waals surface area (Å²) in [5.41, 5.74) is 1.19. The molecule has 1 aromatic carbocycles. The van der Waals surface area contributed by atoms with Crippen LogP contribution in [-0.2, 0) is 0 Å². The van der Waals surface area contributed by atoms with Gasteiger partial charge in [-0.1, -0.05) is 18.2 Å². The number of aliphatic hydroxyl groups excluding tert-OH is 1. The van der Waals surface area contributed by atoms with Gasteiger partial charge >= 0.3 is 0 Å². The van der Waals surface area contributed by atoms with Crippen LogP contribution in [0.1, 0.15) is 31.4 Å². The van der Waals surface area contributed by atoms with E-state index in [0.717, 1.165) is 30.9 Å². The first kappa shape index (κ1) is 14.4. The molecule has 114 valence electrons. The van der Waals surface area contributed by atoms with Crippen molar-refractivity contribution >= 4 is 0 Å². The average molecular weight is 289 g/mol. The van der Waals surface area contributed by atoms with Crippen molar-refractivity contribution in [3.63, 3.8) is 0 Å². The Morgan fingerprint density at radius 2 is 2.05 bits per heavy atom. The van der Waals surface area contributed by atoms with Gasteiger partial charge in [0.25, 0.3) is 0 Å². The third kappa shape index (κ3) is 3.39. The lowest BCUT2D eigenvalue weighted by molar-refractivity contribution is 0.245. The lowest BCUT2D eigenvalue weighted by atomic mass is 10.0. The van der Waals surface area contributed by atoms with Crippen LogP contribution in [0, 0.1) is 5.92 Å². The first-order valence-corrected chi connectivity index (χ1v) is 7.71. The molecule has 0 amide bonds. The van der Waals surface area contributed by atoms with Crippen LogP contribution in [0.5, 0.6) is 11.5 Å². The van der Waals surface area contributed by atoms with Crippen molar-refractivity contribution in [2.45, 2.75) is 31.8 Å². The van der Waals surface area contributed by atoms with Gasteiger partial charge in [0, 0.05) is 31.0 Å². The summed E-state index contributed by atoms with van der Waals surface area (Å²) >= 11 is 0. The number of ether oxygens (including phenoxy) is 2. The van der Waals surface area contributed by atoms with Crippen molar-refractivity contribution in [2.75, 3.05) is 19.8 Å². The molecule has 3 rings (SSSR count). The van der Waals surface area contributed by atoms with Crippen LogP contribution < -0.4 is 14.8 Å². The van der Waals surface area contributed by atoms with Gasteiger partial charge in [0.1, 0.15) is 0 Å². The molecular weight excluding hydrogens is 266 g/mol. The van der Waals surface area contributed by atoms with Gasteiger partial charge in [-0.25, -0.2) is 0 Å². The normalized spacial score (nSPS) is 25.6. The van der Waals surface area contributed by atoms with E-state index in [4.69, 9.17) is 9.47 Å². The lowest BCUT2D eigenvalue weighted by Gasteiger charge is -2.20. The molecule has 3 atom stereocenters. The van der Waals surface area contributed by atoms with Crippen LogP contribution in [0.4, 0.5) is 0 Å². The Morgan fingerprint density at radius 1 is 1.24 bits per heavy atom. The van der Waals surface area contributed by atoms with E-state index in [2.05, 4.69) is 36.5 Å². The van der Waals surface area contributed by atoms with Gasteiger partial charge in [-0.3, -0.25) is 0 Å². The molecule has 0 saturated heterocycles. The second-order valence-electron chi connectivity index (χ2n) is 5.81. The highest BCUT2D eigenvalue weighted by Gasteiger charge is 2.21. The Balaban J connectivity index is 1.66. The summed E-state index contributed by atoms with van der Waals surface area (Å²) in [7, 11) is 0. The number of nitrogens with one attached hydrogen (secondary N) is 1. The topological polar surface area (TPSA) is 50.7 Å². The first-order chi connectivity index (χ1) is 10.3. The van der Waals surface area contributed by atoms with E-state index in [0.29, 0.717) is 18.6 Å². The van der Waals surface area contributed by atoms with Gasteiger partial charge in [-0.2, -0.15) is 0 Å². The highest BCUT2D eigenvalue weighted by atomic mass is 16.5. The second-order valence-corrected chi connectivity index (χ2v) is 5.81. The molecule has 4 heteroatoms. The SMILES string of the molecule is C[C@H](N[C@@H]1C=C[C@H](CO)C1)c1ccc2c(c1)OCCCO2. The molecule has 0 spiro atoms. The highest BCUT2D eigenvalue weighted by molar-refractivity contribution is 5.44. The van der Waals surface area contributed by atoms with Crippen molar-refractivity contribution in [2.24, 2.45) is 5.92 Å². The molecular formula is C17H23NO3. The highest BCUT2D eigenvalue weighted by Crippen LogP contribution is 2.32. The predicted molar refractivity (Wildman–Crippen MR) is 81.7 cm³/mol. The van der Waals surface area contributed by atoms with Crippen LogP contribution in [0.2, 0.25) is 0 Å². The van der Waals surface area contributed by atoms with Crippen molar-refractivity contribution in [1.29, 1.82) is 0 Å². The Morgan fingerprint density at radius 3 is 2.81 bits per heavy atom. The minimum Gasteiger partial charge on any atom is -0.490 e. The molecule has 1 aromatic rings. The van der Waals surface area contributed by atoms with Gasteiger partial charge in [-0.05, 0) is 31.0 Å². The number of benzene rings is 1. The molecule has 0 fully saturated rings. The summed E-state index contributed by atoms with van der Waals surface area (Å²) in [6.45, 7) is 3.81. The molecule has 0 radical (unpaired) electrons. The van der Waals surface area contributed by atoms with Crippen molar-refractivity contribution in [3.05, 3.63) is 35.9 Å². The largest absolute Gasteiger partial charge is 0.490 e. The van der Waals surface area contributed by atoms with Gasteiger partial charge in [-0.15, -0.1) is 0 Å². The Kier molecular flexibility index (Phi) is 4.46. The number of hydrogen-bond acceptors (Lipinski definition) is 4. The Hall–Kier alpha value is -1.52. The number of rotatable bonds is 4. The molecule has 0 aromatic heterocycles. The molecule has 2 N–H and O–H groups in total. The minimum absolute atomic E-state index is 0.229. The van der Waals surface area contributed by atoms with Gasteiger partial charge < -0.3 is 19.9 Å². The summed E-state index contributed by atoms with van der Waals surface area (Å²) in [4.78, 5) is 0. The summed E-state index contributed by atoms with van der Waals surface area (Å²) < 4.78 is 11.4. The van der Waals surface area contributed by atoms with Crippen LogP contribution in [0.25, 0.3) is 0 Å². The summed E-state index contributed by atoms with van der Waals surface area (Å²) in [6, 6.07) is 6.71. The third-order valence-corrected chi connectivity index (χ3v) is 4.14. The van der Waals surface area contributed by atoms with E-state index in [9.17, 15) is 5.11 Å². The monoisotopic (exact) mass is 289 g/mol. The molecule has 4 nitrogen and oxygen atoms in total. The molecule has 1 aliphatic heterocycles. The summed E-state index contributed by atoms with van der Waals surface area (Å²) in [5, 5.41) is 12.8. The maximum Gasteiger partial charge on any atom is 0.161 e. The number of aliphatic hydroxyl groups is 1. The predicted octanol–water partition coefficient (Wildman–Crippen LogP) is 2.44. The van der Waals surface area contributed by atoms with E-state index >= 15 is 0 Å². The quantitative estimate of drug-likeness (QED) is 0.836. The fraction of sp³-hybridized carbons (Fsp3) is 0.529. The third-order valence-electron chi connectivity index (χ3n) is 4.14. The lowest BCUT2D eigenvalue weighted by Crippen LogP contribution is -2.29. The van der Waals surface area contributed by atoms with E-state index in [1.165, 1.54) is 5.56 Å². The molecule has 21 heavy (non-hydrogen) atoms. The summed E-state index contributed by atoms with van der Waals surface area (Å²) in [5.74, 6) is 1.97. The van der Waals surface area contributed by atoms with Gasteiger partial charge in [0.15, 0.2) is 11.5 Å². The van der Waals surface area contributed by atoms with Gasteiger partial charge in [0.2, 0.25) is 0 Å². The minimum atomic E-state index is 0.229. The smallest absolute Gasteiger partial charge is 0.161 e. The zero-order chi connectivity index (χ0) is 14.7. The molecule has 1 heterocycles. The first-order valence-electron chi connectivity index (χ1n) is 7.71. The Labute approximate surface area is 125 Å². The van der Waals surface area contributed by atoms with Crippen LogP contribution in [0.15, 0.2) is 30.4 Å². The van der Waals surface area contributed by atoms with Crippen LogP contribution in [-0.4, -0.2) is 31.0 Å². The standard InChI is InChI=1S/C17H23NO3/c1-12(18-15-5-3-13(9-15)11-19)14-4-6-16-17(10-14)21-8-2-7-20-16/h3-6,10,12-13,15,18-19H,2,7-9,11H2,1H3/t12-,13-,15+/m0/s1.